The third kappa shape index (κ3) is 3.20. The SMILES string of the molecule is CCC(C(=O)Nc1ccccc1OC)n1c(=O)cc(C)c2ccccc21. The molecular weight excluding hydrogens is 328 g/mol. The Morgan fingerprint density at radius 2 is 1.85 bits per heavy atom. The molecule has 0 spiro atoms. The van der Waals surface area contributed by atoms with Crippen molar-refractivity contribution in [1.82, 2.24) is 4.57 Å². The second-order valence-electron chi connectivity index (χ2n) is 6.17. The highest BCUT2D eigenvalue weighted by Crippen LogP contribution is 2.26. The number of aromatic nitrogens is 1. The van der Waals surface area contributed by atoms with E-state index in [1.165, 1.54) is 0 Å². The summed E-state index contributed by atoms with van der Waals surface area (Å²) < 4.78 is 6.87. The number of anilines is 1. The van der Waals surface area contributed by atoms with Crippen molar-refractivity contribution in [3.63, 3.8) is 0 Å². The number of nitrogens with zero attached hydrogens (tertiary/aromatic N) is 1. The monoisotopic (exact) mass is 350 g/mol. The number of hydrogen-bond acceptors (Lipinski definition) is 3. The van der Waals surface area contributed by atoms with Crippen LogP contribution in [0.25, 0.3) is 10.9 Å². The van der Waals surface area contributed by atoms with Gasteiger partial charge in [0, 0.05) is 11.5 Å². The molecule has 5 heteroatoms. The maximum absolute atomic E-state index is 13.0. The predicted octanol–water partition coefficient (Wildman–Crippen LogP) is 3.91. The van der Waals surface area contributed by atoms with Crippen molar-refractivity contribution in [1.29, 1.82) is 0 Å². The first kappa shape index (κ1) is 17.7. The van der Waals surface area contributed by atoms with E-state index in [9.17, 15) is 9.59 Å². The number of pyridine rings is 1. The third-order valence-corrected chi connectivity index (χ3v) is 4.53. The van der Waals surface area contributed by atoms with Crippen LogP contribution in [0.2, 0.25) is 0 Å². The number of carbonyl (C=O) groups excluding carboxylic acids is 1. The van der Waals surface area contributed by atoms with Crippen molar-refractivity contribution in [3.8, 4) is 5.75 Å². The number of fused-ring (bicyclic) bond motifs is 1. The van der Waals surface area contributed by atoms with Crippen molar-refractivity contribution < 1.29 is 9.53 Å². The average molecular weight is 350 g/mol. The molecule has 0 radical (unpaired) electrons. The van der Waals surface area contributed by atoms with E-state index in [1.807, 2.05) is 50.2 Å². The molecule has 3 aromatic rings. The number of amides is 1. The van der Waals surface area contributed by atoms with E-state index < -0.39 is 6.04 Å². The standard InChI is InChI=1S/C21H22N2O3/c1-4-17(21(25)22-16-10-6-8-12-19(16)26-3)23-18-11-7-5-9-15(18)14(2)13-20(23)24/h5-13,17H,4H2,1-3H3,(H,22,25). The van der Waals surface area contributed by atoms with Crippen molar-refractivity contribution in [2.24, 2.45) is 0 Å². The third-order valence-electron chi connectivity index (χ3n) is 4.53. The highest BCUT2D eigenvalue weighted by molar-refractivity contribution is 5.96. The maximum atomic E-state index is 13.0. The van der Waals surface area contributed by atoms with Gasteiger partial charge in [0.05, 0.1) is 18.3 Å². The molecule has 3 rings (SSSR count). The van der Waals surface area contributed by atoms with Crippen LogP contribution in [0.4, 0.5) is 5.69 Å². The van der Waals surface area contributed by atoms with Crippen LogP contribution in [-0.4, -0.2) is 17.6 Å². The summed E-state index contributed by atoms with van der Waals surface area (Å²) in [6, 6.07) is 15.8. The summed E-state index contributed by atoms with van der Waals surface area (Å²) in [4.78, 5) is 25.7. The Morgan fingerprint density at radius 1 is 1.15 bits per heavy atom. The molecule has 1 amide bonds. The lowest BCUT2D eigenvalue weighted by Gasteiger charge is -2.21. The number of hydrogen-bond donors (Lipinski definition) is 1. The fourth-order valence-electron chi connectivity index (χ4n) is 3.24. The molecule has 134 valence electrons. The number of benzene rings is 2. The number of carbonyl (C=O) groups is 1. The zero-order chi connectivity index (χ0) is 18.7. The van der Waals surface area contributed by atoms with Crippen molar-refractivity contribution in [2.45, 2.75) is 26.3 Å². The summed E-state index contributed by atoms with van der Waals surface area (Å²) in [5.41, 5.74) is 2.08. The van der Waals surface area contributed by atoms with Gasteiger partial charge >= 0.3 is 0 Å². The fourth-order valence-corrected chi connectivity index (χ4v) is 3.24. The number of aryl methyl sites for hydroxylation is 1. The Balaban J connectivity index is 2.06. The summed E-state index contributed by atoms with van der Waals surface area (Å²) in [5.74, 6) is 0.338. The normalized spacial score (nSPS) is 12.0. The lowest BCUT2D eigenvalue weighted by atomic mass is 10.1. The molecule has 26 heavy (non-hydrogen) atoms. The van der Waals surface area contributed by atoms with Gasteiger partial charge in [-0.15, -0.1) is 0 Å². The Morgan fingerprint density at radius 3 is 2.58 bits per heavy atom. The average Bonchev–Trinajstić information content (AvgIpc) is 2.65. The number of methoxy groups -OCH3 is 1. The van der Waals surface area contributed by atoms with Crippen LogP contribution < -0.4 is 15.6 Å². The number of ether oxygens (including phenoxy) is 1. The van der Waals surface area contributed by atoms with Gasteiger partial charge in [0.15, 0.2) is 0 Å². The fraction of sp³-hybridized carbons (Fsp3) is 0.238. The van der Waals surface area contributed by atoms with Crippen molar-refractivity contribution >= 4 is 22.5 Å². The second-order valence-corrected chi connectivity index (χ2v) is 6.17. The van der Waals surface area contributed by atoms with Crippen LogP contribution in [0.1, 0.15) is 24.9 Å². The second kappa shape index (κ2) is 7.44. The highest BCUT2D eigenvalue weighted by atomic mass is 16.5. The first-order valence-electron chi connectivity index (χ1n) is 8.61. The van der Waals surface area contributed by atoms with Gasteiger partial charge in [0.1, 0.15) is 11.8 Å². The zero-order valence-corrected chi connectivity index (χ0v) is 15.2. The topological polar surface area (TPSA) is 60.3 Å². The van der Waals surface area contributed by atoms with Gasteiger partial charge in [-0.2, -0.15) is 0 Å². The molecule has 0 aliphatic carbocycles. The first-order valence-corrected chi connectivity index (χ1v) is 8.61. The van der Waals surface area contributed by atoms with Crippen LogP contribution in [0.5, 0.6) is 5.75 Å². The van der Waals surface area contributed by atoms with Gasteiger partial charge in [-0.1, -0.05) is 37.3 Å². The molecule has 0 bridgehead atoms. The van der Waals surface area contributed by atoms with E-state index in [0.29, 0.717) is 17.9 Å². The Hall–Kier alpha value is -3.08. The Kier molecular flexibility index (Phi) is 5.07. The molecule has 1 heterocycles. The molecule has 1 aromatic heterocycles. The summed E-state index contributed by atoms with van der Waals surface area (Å²) in [7, 11) is 1.56. The molecule has 5 nitrogen and oxygen atoms in total. The lowest BCUT2D eigenvalue weighted by molar-refractivity contribution is -0.119. The molecule has 1 atom stereocenters. The number of rotatable bonds is 5. The van der Waals surface area contributed by atoms with E-state index in [0.717, 1.165) is 16.5 Å². The molecule has 1 N–H and O–H groups in total. The molecule has 0 saturated heterocycles. The summed E-state index contributed by atoms with van der Waals surface area (Å²) in [6.07, 6.45) is 0.494. The van der Waals surface area contributed by atoms with Gasteiger partial charge in [0.2, 0.25) is 5.91 Å². The molecule has 0 fully saturated rings. The smallest absolute Gasteiger partial charge is 0.252 e. The molecule has 0 aliphatic heterocycles. The molecule has 0 saturated carbocycles. The summed E-state index contributed by atoms with van der Waals surface area (Å²) in [6.45, 7) is 3.80. The maximum Gasteiger partial charge on any atom is 0.252 e. The van der Waals surface area contributed by atoms with Crippen LogP contribution in [0.3, 0.4) is 0 Å². The Bertz CT molecular complexity index is 1010. The molecule has 1 unspecified atom stereocenters. The minimum Gasteiger partial charge on any atom is -0.495 e. The van der Waals surface area contributed by atoms with Crippen LogP contribution >= 0.6 is 0 Å². The van der Waals surface area contributed by atoms with Gasteiger partial charge in [0.25, 0.3) is 5.56 Å². The highest BCUT2D eigenvalue weighted by Gasteiger charge is 2.23. The van der Waals surface area contributed by atoms with E-state index in [4.69, 9.17) is 4.74 Å². The van der Waals surface area contributed by atoms with Crippen LogP contribution in [-0.2, 0) is 4.79 Å². The quantitative estimate of drug-likeness (QED) is 0.759. The molecule has 0 aliphatic rings. The number of para-hydroxylation sites is 3. The zero-order valence-electron chi connectivity index (χ0n) is 15.2. The van der Waals surface area contributed by atoms with Crippen molar-refractivity contribution in [2.75, 3.05) is 12.4 Å². The largest absolute Gasteiger partial charge is 0.495 e. The van der Waals surface area contributed by atoms with E-state index in [-0.39, 0.29) is 11.5 Å². The molecular formula is C21H22N2O3. The van der Waals surface area contributed by atoms with Gasteiger partial charge < -0.3 is 10.1 Å². The Labute approximate surface area is 152 Å². The van der Waals surface area contributed by atoms with Gasteiger partial charge in [-0.05, 0) is 37.1 Å². The van der Waals surface area contributed by atoms with E-state index in [2.05, 4.69) is 5.32 Å². The van der Waals surface area contributed by atoms with Crippen LogP contribution in [0.15, 0.2) is 59.4 Å². The van der Waals surface area contributed by atoms with Crippen LogP contribution in [0, 0.1) is 6.92 Å². The van der Waals surface area contributed by atoms with E-state index in [1.54, 1.807) is 29.9 Å². The minimum atomic E-state index is -0.613. The molecule has 2 aromatic carbocycles. The lowest BCUT2D eigenvalue weighted by Crippen LogP contribution is -2.33. The summed E-state index contributed by atoms with van der Waals surface area (Å²) >= 11 is 0. The predicted molar refractivity (Wildman–Crippen MR) is 104 cm³/mol. The van der Waals surface area contributed by atoms with Gasteiger partial charge in [-0.25, -0.2) is 0 Å². The van der Waals surface area contributed by atoms with Gasteiger partial charge in [-0.3, -0.25) is 14.2 Å². The first-order chi connectivity index (χ1) is 12.6. The summed E-state index contributed by atoms with van der Waals surface area (Å²) in [5, 5.41) is 3.86. The minimum absolute atomic E-state index is 0.178. The van der Waals surface area contributed by atoms with E-state index >= 15 is 0 Å². The number of nitrogens with one attached hydrogen (secondary N) is 1. The van der Waals surface area contributed by atoms with Crippen molar-refractivity contribution in [3.05, 3.63) is 70.5 Å².